The Morgan fingerprint density at radius 3 is 2.16 bits per heavy atom. The SMILES string of the molecule is CC(=O)OC1COC(SCc2cn(CCOCCOCCOCCO)nn2)C(OC(C)=O)C1OC(C)=O. The summed E-state index contributed by atoms with van der Waals surface area (Å²) in [7, 11) is 0. The molecule has 14 nitrogen and oxygen atoms in total. The highest BCUT2D eigenvalue weighted by Crippen LogP contribution is 2.32. The van der Waals surface area contributed by atoms with Crippen LogP contribution in [-0.4, -0.2) is 115 Å². The van der Waals surface area contributed by atoms with Gasteiger partial charge in [0, 0.05) is 32.7 Å². The number of aliphatic hydroxyl groups excluding tert-OH is 1. The summed E-state index contributed by atoms with van der Waals surface area (Å²) in [5.74, 6) is -1.39. The maximum Gasteiger partial charge on any atom is 0.303 e. The van der Waals surface area contributed by atoms with E-state index in [4.69, 9.17) is 38.3 Å². The van der Waals surface area contributed by atoms with Crippen molar-refractivity contribution in [1.82, 2.24) is 15.0 Å². The van der Waals surface area contributed by atoms with Crippen LogP contribution in [0.4, 0.5) is 0 Å². The number of rotatable bonds is 17. The fourth-order valence-corrected chi connectivity index (χ4v) is 4.34. The third-order valence-electron chi connectivity index (χ3n) is 4.73. The molecule has 0 bridgehead atoms. The molecule has 0 aliphatic carbocycles. The summed E-state index contributed by atoms with van der Waals surface area (Å²) in [5, 5.41) is 16.8. The van der Waals surface area contributed by atoms with E-state index in [1.165, 1.54) is 32.5 Å². The van der Waals surface area contributed by atoms with Gasteiger partial charge in [0.25, 0.3) is 0 Å². The van der Waals surface area contributed by atoms with Crippen molar-refractivity contribution in [1.29, 1.82) is 0 Å². The van der Waals surface area contributed by atoms with Crippen molar-refractivity contribution in [2.75, 3.05) is 52.9 Å². The molecule has 0 radical (unpaired) electrons. The van der Waals surface area contributed by atoms with Crippen LogP contribution in [0.3, 0.4) is 0 Å². The Balaban J connectivity index is 1.80. The molecule has 4 atom stereocenters. The number of hydrogen-bond acceptors (Lipinski definition) is 14. The zero-order chi connectivity index (χ0) is 27.0. The van der Waals surface area contributed by atoms with E-state index in [0.29, 0.717) is 57.6 Å². The van der Waals surface area contributed by atoms with Gasteiger partial charge in [-0.15, -0.1) is 16.9 Å². The molecule has 15 heteroatoms. The van der Waals surface area contributed by atoms with Gasteiger partial charge in [-0.25, -0.2) is 4.68 Å². The largest absolute Gasteiger partial charge is 0.456 e. The zero-order valence-electron chi connectivity index (χ0n) is 21.2. The van der Waals surface area contributed by atoms with Gasteiger partial charge in [0.2, 0.25) is 0 Å². The minimum absolute atomic E-state index is 0.0103. The fraction of sp³-hybridized carbons (Fsp3) is 0.773. The number of ether oxygens (including phenoxy) is 7. The Hall–Kier alpha value is -2.30. The second-order valence-corrected chi connectivity index (χ2v) is 8.93. The molecule has 1 aliphatic rings. The van der Waals surface area contributed by atoms with Crippen molar-refractivity contribution in [2.45, 2.75) is 56.8 Å². The molecule has 2 rings (SSSR count). The van der Waals surface area contributed by atoms with E-state index >= 15 is 0 Å². The molecule has 1 aromatic rings. The van der Waals surface area contributed by atoms with Gasteiger partial charge in [-0.1, -0.05) is 5.21 Å². The van der Waals surface area contributed by atoms with Crippen molar-refractivity contribution < 1.29 is 52.6 Å². The summed E-state index contributed by atoms with van der Waals surface area (Å²) in [5.41, 5.74) is -0.0323. The molecule has 1 N–H and O–H groups in total. The third-order valence-corrected chi connectivity index (χ3v) is 5.93. The maximum atomic E-state index is 11.7. The van der Waals surface area contributed by atoms with Crippen LogP contribution in [0.1, 0.15) is 26.5 Å². The van der Waals surface area contributed by atoms with Crippen molar-refractivity contribution in [3.8, 4) is 0 Å². The summed E-state index contributed by atoms with van der Waals surface area (Å²) >= 11 is 1.29. The molecule has 0 spiro atoms. The number of nitrogens with zero attached hydrogens (tertiary/aromatic N) is 3. The summed E-state index contributed by atoms with van der Waals surface area (Å²) in [6, 6.07) is 0. The summed E-state index contributed by atoms with van der Waals surface area (Å²) < 4.78 is 39.4. The van der Waals surface area contributed by atoms with Crippen molar-refractivity contribution in [3.63, 3.8) is 0 Å². The first kappa shape index (κ1) is 30.9. The lowest BCUT2D eigenvalue weighted by Gasteiger charge is -2.40. The summed E-state index contributed by atoms with van der Waals surface area (Å²) in [6.45, 7) is 6.55. The Kier molecular flexibility index (Phi) is 14.4. The second kappa shape index (κ2) is 17.3. The number of esters is 3. The Bertz CT molecular complexity index is 841. The maximum absolute atomic E-state index is 11.7. The third kappa shape index (κ3) is 12.2. The van der Waals surface area contributed by atoms with E-state index in [0.717, 1.165) is 0 Å². The first-order valence-corrected chi connectivity index (χ1v) is 12.8. The number of aliphatic hydroxyl groups is 1. The Labute approximate surface area is 219 Å². The number of thioether (sulfide) groups is 1. The average Bonchev–Trinajstić information content (AvgIpc) is 3.28. The van der Waals surface area contributed by atoms with Crippen LogP contribution in [0.15, 0.2) is 6.20 Å². The Morgan fingerprint density at radius 1 is 0.946 bits per heavy atom. The molecule has 1 fully saturated rings. The van der Waals surface area contributed by atoms with Crippen LogP contribution in [0.5, 0.6) is 0 Å². The van der Waals surface area contributed by atoms with Gasteiger partial charge in [-0.2, -0.15) is 0 Å². The minimum atomic E-state index is -1.01. The molecule has 2 heterocycles. The van der Waals surface area contributed by atoms with Gasteiger partial charge in [0.05, 0.1) is 65.1 Å². The van der Waals surface area contributed by atoms with E-state index in [9.17, 15) is 14.4 Å². The van der Waals surface area contributed by atoms with Crippen LogP contribution in [-0.2, 0) is 59.8 Å². The van der Waals surface area contributed by atoms with Gasteiger partial charge in [-0.05, 0) is 0 Å². The van der Waals surface area contributed by atoms with E-state index in [1.54, 1.807) is 10.9 Å². The van der Waals surface area contributed by atoms with Crippen LogP contribution in [0.2, 0.25) is 0 Å². The van der Waals surface area contributed by atoms with Gasteiger partial charge in [0.1, 0.15) is 5.44 Å². The van der Waals surface area contributed by atoms with Crippen molar-refractivity contribution in [3.05, 3.63) is 11.9 Å². The van der Waals surface area contributed by atoms with Crippen LogP contribution in [0, 0.1) is 0 Å². The smallest absolute Gasteiger partial charge is 0.303 e. The Morgan fingerprint density at radius 2 is 1.54 bits per heavy atom. The number of carbonyl (C=O) groups excluding carboxylic acids is 3. The first-order chi connectivity index (χ1) is 17.8. The molecule has 1 aromatic heterocycles. The van der Waals surface area contributed by atoms with E-state index < -0.39 is 41.7 Å². The predicted octanol–water partition coefficient (Wildman–Crippen LogP) is -0.295. The lowest BCUT2D eigenvalue weighted by Crippen LogP contribution is -2.56. The van der Waals surface area contributed by atoms with Crippen molar-refractivity contribution in [2.24, 2.45) is 0 Å². The standard InChI is InChI=1S/C22H35N3O11S/c1-15(27)34-19-13-33-22(21(36-17(3)29)20(19)35-16(2)28)37-14-18-12-25(24-23-18)4-6-30-8-10-32-11-9-31-7-5-26/h12,19-22,26H,4-11,13-14H2,1-3H3. The summed E-state index contributed by atoms with van der Waals surface area (Å²) in [4.78, 5) is 34.9. The predicted molar refractivity (Wildman–Crippen MR) is 127 cm³/mol. The van der Waals surface area contributed by atoms with Gasteiger partial charge in [-0.3, -0.25) is 14.4 Å². The molecule has 210 valence electrons. The van der Waals surface area contributed by atoms with E-state index in [-0.39, 0.29) is 13.2 Å². The van der Waals surface area contributed by atoms with Crippen LogP contribution < -0.4 is 0 Å². The van der Waals surface area contributed by atoms with Crippen molar-refractivity contribution >= 4 is 29.7 Å². The van der Waals surface area contributed by atoms with Crippen LogP contribution >= 0.6 is 11.8 Å². The fourth-order valence-electron chi connectivity index (χ4n) is 3.30. The quantitative estimate of drug-likeness (QED) is 0.153. The second-order valence-electron chi connectivity index (χ2n) is 7.84. The molecule has 1 aliphatic heterocycles. The average molecular weight is 550 g/mol. The van der Waals surface area contributed by atoms with E-state index in [1.807, 2.05) is 0 Å². The van der Waals surface area contributed by atoms with Crippen LogP contribution in [0.25, 0.3) is 0 Å². The van der Waals surface area contributed by atoms with E-state index in [2.05, 4.69) is 10.3 Å². The first-order valence-electron chi connectivity index (χ1n) is 11.8. The highest BCUT2D eigenvalue weighted by molar-refractivity contribution is 7.99. The lowest BCUT2D eigenvalue weighted by molar-refractivity contribution is -0.213. The monoisotopic (exact) mass is 549 g/mol. The highest BCUT2D eigenvalue weighted by Gasteiger charge is 2.47. The molecule has 0 amide bonds. The molecule has 4 unspecified atom stereocenters. The highest BCUT2D eigenvalue weighted by atomic mass is 32.2. The molecule has 37 heavy (non-hydrogen) atoms. The molecular weight excluding hydrogens is 514 g/mol. The summed E-state index contributed by atoms with van der Waals surface area (Å²) in [6.07, 6.45) is -1.15. The molecule has 0 aromatic carbocycles. The number of aromatic nitrogens is 3. The van der Waals surface area contributed by atoms with Gasteiger partial charge < -0.3 is 38.3 Å². The normalized spacial score (nSPS) is 21.4. The number of hydrogen-bond donors (Lipinski definition) is 1. The lowest BCUT2D eigenvalue weighted by atomic mass is 10.1. The van der Waals surface area contributed by atoms with Gasteiger partial charge in [0.15, 0.2) is 18.3 Å². The molecular formula is C22H35N3O11S. The number of carbonyl (C=O) groups is 3. The molecule has 1 saturated heterocycles. The molecule has 0 saturated carbocycles. The topological polar surface area (TPSA) is 167 Å². The van der Waals surface area contributed by atoms with Gasteiger partial charge >= 0.3 is 17.9 Å². The zero-order valence-corrected chi connectivity index (χ0v) is 22.1. The minimum Gasteiger partial charge on any atom is -0.456 e.